The van der Waals surface area contributed by atoms with Crippen LogP contribution in [0.3, 0.4) is 0 Å². The number of nitrogens with two attached hydrogens (primary N) is 1. The summed E-state index contributed by atoms with van der Waals surface area (Å²) in [7, 11) is 0. The van der Waals surface area contributed by atoms with E-state index < -0.39 is 0 Å². The molecule has 2 unspecified atom stereocenters. The molecule has 0 aliphatic carbocycles. The summed E-state index contributed by atoms with van der Waals surface area (Å²) in [5, 5.41) is 0. The van der Waals surface area contributed by atoms with Crippen LogP contribution in [-0.2, 0) is 14.3 Å². The summed E-state index contributed by atoms with van der Waals surface area (Å²) in [5.74, 6) is -0.646. The van der Waals surface area contributed by atoms with E-state index in [0.717, 1.165) is 25.0 Å². The first-order valence-corrected chi connectivity index (χ1v) is 6.34. The normalized spacial score (nSPS) is 20.6. The average Bonchev–Trinajstić information content (AvgIpc) is 2.92. The van der Waals surface area contributed by atoms with E-state index in [2.05, 4.69) is 0 Å². The molecule has 4 heteroatoms. The van der Waals surface area contributed by atoms with Gasteiger partial charge in [-0.1, -0.05) is 30.3 Å². The Morgan fingerprint density at radius 3 is 2.83 bits per heavy atom. The summed E-state index contributed by atoms with van der Waals surface area (Å²) in [6, 6.07) is 9.49. The summed E-state index contributed by atoms with van der Waals surface area (Å²) in [5.41, 5.74) is 6.56. The first-order valence-electron chi connectivity index (χ1n) is 6.34. The van der Waals surface area contributed by atoms with E-state index in [0.29, 0.717) is 6.61 Å². The quantitative estimate of drug-likeness (QED) is 0.802. The second kappa shape index (κ2) is 6.52. The van der Waals surface area contributed by atoms with E-state index in [9.17, 15) is 4.79 Å². The molecule has 0 aromatic heterocycles. The predicted octanol–water partition coefficient (Wildman–Crippen LogP) is 1.45. The highest BCUT2D eigenvalue weighted by Crippen LogP contribution is 2.17. The van der Waals surface area contributed by atoms with Crippen LogP contribution in [0.25, 0.3) is 0 Å². The molecule has 1 heterocycles. The fraction of sp³-hybridized carbons (Fsp3) is 0.500. The maximum Gasteiger partial charge on any atom is 0.314 e. The topological polar surface area (TPSA) is 61.6 Å². The fourth-order valence-electron chi connectivity index (χ4n) is 2.11. The van der Waals surface area contributed by atoms with E-state index in [1.165, 1.54) is 0 Å². The van der Waals surface area contributed by atoms with Crippen molar-refractivity contribution in [2.24, 2.45) is 5.73 Å². The Balaban J connectivity index is 1.89. The highest BCUT2D eigenvalue weighted by atomic mass is 16.6. The van der Waals surface area contributed by atoms with Crippen LogP contribution in [0.4, 0.5) is 0 Å². The van der Waals surface area contributed by atoms with Crippen molar-refractivity contribution in [3.8, 4) is 0 Å². The number of rotatable bonds is 5. The van der Waals surface area contributed by atoms with Gasteiger partial charge in [0.1, 0.15) is 6.61 Å². The highest BCUT2D eigenvalue weighted by Gasteiger charge is 2.23. The third kappa shape index (κ3) is 3.31. The maximum atomic E-state index is 12.0. The van der Waals surface area contributed by atoms with Crippen molar-refractivity contribution < 1.29 is 14.3 Å². The fourth-order valence-corrected chi connectivity index (χ4v) is 2.11. The third-order valence-corrected chi connectivity index (χ3v) is 3.16. The van der Waals surface area contributed by atoms with E-state index >= 15 is 0 Å². The van der Waals surface area contributed by atoms with Crippen LogP contribution in [0.2, 0.25) is 0 Å². The molecule has 98 valence electrons. The molecule has 1 aliphatic rings. The van der Waals surface area contributed by atoms with Gasteiger partial charge in [0.15, 0.2) is 0 Å². The minimum Gasteiger partial charge on any atom is -0.462 e. The number of hydrogen-bond donors (Lipinski definition) is 1. The Morgan fingerprint density at radius 2 is 2.22 bits per heavy atom. The Labute approximate surface area is 107 Å². The molecular formula is C14H19NO3. The van der Waals surface area contributed by atoms with E-state index in [1.54, 1.807) is 0 Å². The Hall–Kier alpha value is -1.39. The smallest absolute Gasteiger partial charge is 0.314 e. The summed E-state index contributed by atoms with van der Waals surface area (Å²) in [4.78, 5) is 12.0. The van der Waals surface area contributed by atoms with Crippen molar-refractivity contribution in [3.05, 3.63) is 35.9 Å². The molecular weight excluding hydrogens is 230 g/mol. The lowest BCUT2D eigenvalue weighted by molar-refractivity contribution is -0.148. The van der Waals surface area contributed by atoms with Gasteiger partial charge < -0.3 is 15.2 Å². The van der Waals surface area contributed by atoms with Crippen LogP contribution in [0.1, 0.15) is 24.3 Å². The van der Waals surface area contributed by atoms with Crippen LogP contribution in [0.5, 0.6) is 0 Å². The molecule has 2 rings (SSSR count). The van der Waals surface area contributed by atoms with Crippen LogP contribution in [0.15, 0.2) is 30.3 Å². The number of ether oxygens (including phenoxy) is 2. The highest BCUT2D eigenvalue weighted by molar-refractivity contribution is 5.78. The van der Waals surface area contributed by atoms with Gasteiger partial charge in [0.2, 0.25) is 0 Å². The Bertz CT molecular complexity index is 374. The van der Waals surface area contributed by atoms with Gasteiger partial charge in [0.25, 0.3) is 0 Å². The van der Waals surface area contributed by atoms with Gasteiger partial charge in [0.05, 0.1) is 12.0 Å². The summed E-state index contributed by atoms with van der Waals surface area (Å²) in [6.07, 6.45) is 2.07. The zero-order valence-corrected chi connectivity index (χ0v) is 10.4. The molecule has 1 aromatic carbocycles. The zero-order valence-electron chi connectivity index (χ0n) is 10.4. The van der Waals surface area contributed by atoms with Gasteiger partial charge >= 0.3 is 5.97 Å². The van der Waals surface area contributed by atoms with Crippen molar-refractivity contribution in [1.82, 2.24) is 0 Å². The first-order chi connectivity index (χ1) is 8.81. The lowest BCUT2D eigenvalue weighted by Crippen LogP contribution is -2.26. The van der Waals surface area contributed by atoms with Crippen LogP contribution >= 0.6 is 0 Å². The Kier molecular flexibility index (Phi) is 4.73. The summed E-state index contributed by atoms with van der Waals surface area (Å²) in [6.45, 7) is 1.36. The number of esters is 1. The number of hydrogen-bond acceptors (Lipinski definition) is 4. The van der Waals surface area contributed by atoms with Gasteiger partial charge in [0, 0.05) is 13.2 Å². The van der Waals surface area contributed by atoms with Crippen molar-refractivity contribution in [2.45, 2.75) is 24.9 Å². The summed E-state index contributed by atoms with van der Waals surface area (Å²) < 4.78 is 10.7. The number of benzene rings is 1. The molecule has 0 saturated carbocycles. The second-order valence-electron chi connectivity index (χ2n) is 4.46. The zero-order chi connectivity index (χ0) is 12.8. The maximum absolute atomic E-state index is 12.0. The lowest BCUT2D eigenvalue weighted by atomic mass is 10.00. The molecule has 4 nitrogen and oxygen atoms in total. The SMILES string of the molecule is NCC(C(=O)OCC1CCCO1)c1ccccc1. The van der Waals surface area contributed by atoms with Crippen molar-refractivity contribution >= 4 is 5.97 Å². The van der Waals surface area contributed by atoms with Gasteiger partial charge in [-0.2, -0.15) is 0 Å². The third-order valence-electron chi connectivity index (χ3n) is 3.16. The minimum absolute atomic E-state index is 0.0585. The molecule has 1 aromatic rings. The molecule has 1 saturated heterocycles. The molecule has 1 aliphatic heterocycles. The standard InChI is InChI=1S/C14H19NO3/c15-9-13(11-5-2-1-3-6-11)14(16)18-10-12-7-4-8-17-12/h1-3,5-6,12-13H,4,7-10,15H2. The monoisotopic (exact) mass is 249 g/mol. The van der Waals surface area contributed by atoms with E-state index in [4.69, 9.17) is 15.2 Å². The molecule has 2 N–H and O–H groups in total. The second-order valence-corrected chi connectivity index (χ2v) is 4.46. The van der Waals surface area contributed by atoms with E-state index in [-0.39, 0.29) is 24.5 Å². The van der Waals surface area contributed by atoms with Crippen molar-refractivity contribution in [1.29, 1.82) is 0 Å². The van der Waals surface area contributed by atoms with Gasteiger partial charge in [-0.3, -0.25) is 4.79 Å². The van der Waals surface area contributed by atoms with Crippen LogP contribution in [-0.4, -0.2) is 31.8 Å². The molecule has 0 bridgehead atoms. The average molecular weight is 249 g/mol. The lowest BCUT2D eigenvalue weighted by Gasteiger charge is -2.16. The molecule has 0 spiro atoms. The van der Waals surface area contributed by atoms with Crippen LogP contribution in [0, 0.1) is 0 Å². The van der Waals surface area contributed by atoms with Gasteiger partial charge in [-0.25, -0.2) is 0 Å². The molecule has 0 amide bonds. The Morgan fingerprint density at radius 1 is 1.44 bits per heavy atom. The van der Waals surface area contributed by atoms with Gasteiger partial charge in [-0.05, 0) is 18.4 Å². The number of carbonyl (C=O) groups is 1. The molecule has 18 heavy (non-hydrogen) atoms. The largest absolute Gasteiger partial charge is 0.462 e. The molecule has 0 radical (unpaired) electrons. The first kappa shape index (κ1) is 13.1. The van der Waals surface area contributed by atoms with Crippen LogP contribution < -0.4 is 5.73 Å². The van der Waals surface area contributed by atoms with E-state index in [1.807, 2.05) is 30.3 Å². The summed E-state index contributed by atoms with van der Waals surface area (Å²) >= 11 is 0. The minimum atomic E-state index is -0.382. The van der Waals surface area contributed by atoms with Crippen molar-refractivity contribution in [3.63, 3.8) is 0 Å². The van der Waals surface area contributed by atoms with Crippen molar-refractivity contribution in [2.75, 3.05) is 19.8 Å². The molecule has 2 atom stereocenters. The number of carbonyl (C=O) groups excluding carboxylic acids is 1. The molecule has 1 fully saturated rings. The van der Waals surface area contributed by atoms with Gasteiger partial charge in [-0.15, -0.1) is 0 Å². The predicted molar refractivity (Wildman–Crippen MR) is 68.2 cm³/mol.